The molecule has 0 saturated carbocycles. The lowest BCUT2D eigenvalue weighted by atomic mass is 10.2. The molecule has 2 N–H and O–H groups in total. The minimum absolute atomic E-state index is 0.0788. The van der Waals surface area contributed by atoms with Crippen molar-refractivity contribution in [1.29, 1.82) is 0 Å². The summed E-state index contributed by atoms with van der Waals surface area (Å²) >= 11 is 0. The smallest absolute Gasteiger partial charge is 0.290 e. The minimum Gasteiger partial charge on any atom is -0.363 e. The molecule has 2 aromatic rings. The van der Waals surface area contributed by atoms with Crippen LogP contribution in [-0.2, 0) is 0 Å². The van der Waals surface area contributed by atoms with Crippen LogP contribution in [0.4, 0.5) is 5.82 Å². The number of aromatic nitrogens is 4. The summed E-state index contributed by atoms with van der Waals surface area (Å²) in [6, 6.07) is 1.83. The number of hydrogen-bond acceptors (Lipinski definition) is 7. The normalized spacial score (nSPS) is 18.4. The molecule has 0 unspecified atom stereocenters. The van der Waals surface area contributed by atoms with Crippen molar-refractivity contribution in [3.05, 3.63) is 29.8 Å². The molecule has 1 atom stereocenters. The second-order valence-electron chi connectivity index (χ2n) is 4.69. The van der Waals surface area contributed by atoms with Crippen molar-refractivity contribution in [2.45, 2.75) is 25.8 Å². The fourth-order valence-electron chi connectivity index (χ4n) is 2.37. The molecule has 1 fully saturated rings. The van der Waals surface area contributed by atoms with Gasteiger partial charge in [-0.3, -0.25) is 4.79 Å². The molecule has 3 heterocycles. The number of anilines is 1. The number of nitrogens with two attached hydrogens (primary N) is 1. The van der Waals surface area contributed by atoms with Crippen LogP contribution >= 0.6 is 0 Å². The second-order valence-corrected chi connectivity index (χ2v) is 4.69. The van der Waals surface area contributed by atoms with Gasteiger partial charge < -0.3 is 15.2 Å². The van der Waals surface area contributed by atoms with Crippen molar-refractivity contribution < 1.29 is 9.32 Å². The average molecular weight is 274 g/mol. The molecule has 0 spiro atoms. The number of primary amides is 1. The average Bonchev–Trinajstić information content (AvgIpc) is 3.07. The van der Waals surface area contributed by atoms with Gasteiger partial charge in [0.2, 0.25) is 5.89 Å². The quantitative estimate of drug-likeness (QED) is 0.872. The van der Waals surface area contributed by atoms with Crippen molar-refractivity contribution >= 4 is 11.7 Å². The Hall–Kier alpha value is -2.51. The highest BCUT2D eigenvalue weighted by Crippen LogP contribution is 2.34. The summed E-state index contributed by atoms with van der Waals surface area (Å²) in [5, 5.41) is 3.59. The maximum absolute atomic E-state index is 11.0. The molecule has 0 bridgehead atoms. The first kappa shape index (κ1) is 12.5. The van der Waals surface area contributed by atoms with Crippen LogP contribution in [-0.4, -0.2) is 32.6 Å². The van der Waals surface area contributed by atoms with Crippen molar-refractivity contribution in [1.82, 2.24) is 20.1 Å². The fraction of sp³-hybridized carbons (Fsp3) is 0.417. The van der Waals surface area contributed by atoms with E-state index >= 15 is 0 Å². The van der Waals surface area contributed by atoms with E-state index in [1.54, 1.807) is 0 Å². The van der Waals surface area contributed by atoms with Crippen molar-refractivity contribution in [3.8, 4) is 0 Å². The zero-order valence-electron chi connectivity index (χ0n) is 11.0. The molecule has 0 radical (unpaired) electrons. The summed E-state index contributed by atoms with van der Waals surface area (Å²) in [6.45, 7) is 2.75. The molecule has 2 aromatic heterocycles. The Morgan fingerprint density at radius 2 is 2.35 bits per heavy atom. The lowest BCUT2D eigenvalue weighted by molar-refractivity contribution is 0.0987. The molecule has 1 amide bonds. The zero-order valence-corrected chi connectivity index (χ0v) is 11.0. The van der Waals surface area contributed by atoms with E-state index in [4.69, 9.17) is 10.3 Å². The second kappa shape index (κ2) is 4.87. The van der Waals surface area contributed by atoms with Gasteiger partial charge in [-0.25, -0.2) is 9.97 Å². The summed E-state index contributed by atoms with van der Waals surface area (Å²) in [5.74, 6) is 0.430. The van der Waals surface area contributed by atoms with Crippen LogP contribution in [0, 0.1) is 6.92 Å². The van der Waals surface area contributed by atoms with Gasteiger partial charge in [0, 0.05) is 18.3 Å². The fourth-order valence-corrected chi connectivity index (χ4v) is 2.37. The van der Waals surface area contributed by atoms with E-state index in [0.717, 1.165) is 30.9 Å². The van der Waals surface area contributed by atoms with Crippen LogP contribution in [0.5, 0.6) is 0 Å². The highest BCUT2D eigenvalue weighted by atomic mass is 16.5. The van der Waals surface area contributed by atoms with Gasteiger partial charge in [0.15, 0.2) is 0 Å². The molecule has 1 saturated heterocycles. The van der Waals surface area contributed by atoms with Gasteiger partial charge in [-0.15, -0.1) is 0 Å². The number of hydrogen-bond donors (Lipinski definition) is 1. The molecule has 3 rings (SSSR count). The van der Waals surface area contributed by atoms with Gasteiger partial charge in [-0.05, 0) is 19.8 Å². The zero-order chi connectivity index (χ0) is 14.1. The van der Waals surface area contributed by atoms with Gasteiger partial charge in [0.25, 0.3) is 11.7 Å². The van der Waals surface area contributed by atoms with Crippen LogP contribution in [0.25, 0.3) is 0 Å². The van der Waals surface area contributed by atoms with Gasteiger partial charge in [0.1, 0.15) is 18.2 Å². The Balaban J connectivity index is 1.90. The lowest BCUT2D eigenvalue weighted by Crippen LogP contribution is -2.24. The molecule has 1 aliphatic rings. The van der Waals surface area contributed by atoms with E-state index < -0.39 is 5.91 Å². The molecule has 20 heavy (non-hydrogen) atoms. The Kier molecular flexibility index (Phi) is 3.05. The summed E-state index contributed by atoms with van der Waals surface area (Å²) < 4.78 is 5.14. The van der Waals surface area contributed by atoms with E-state index in [2.05, 4.69) is 25.0 Å². The third-order valence-corrected chi connectivity index (χ3v) is 3.28. The van der Waals surface area contributed by atoms with Crippen molar-refractivity contribution in [2.75, 3.05) is 11.4 Å². The summed E-state index contributed by atoms with van der Waals surface area (Å²) in [5.41, 5.74) is 6.03. The third-order valence-electron chi connectivity index (χ3n) is 3.28. The molecule has 1 aliphatic heterocycles. The molecule has 104 valence electrons. The van der Waals surface area contributed by atoms with E-state index in [0.29, 0.717) is 5.89 Å². The Bertz CT molecular complexity index is 640. The van der Waals surface area contributed by atoms with Crippen molar-refractivity contribution in [3.63, 3.8) is 0 Å². The van der Waals surface area contributed by atoms with E-state index in [1.165, 1.54) is 6.33 Å². The molecule has 8 heteroatoms. The molecular formula is C12H14N6O2. The van der Waals surface area contributed by atoms with Crippen LogP contribution in [0.2, 0.25) is 0 Å². The predicted molar refractivity (Wildman–Crippen MR) is 68.9 cm³/mol. The number of carbonyl (C=O) groups excluding carboxylic acids is 1. The van der Waals surface area contributed by atoms with Gasteiger partial charge in [-0.2, -0.15) is 4.98 Å². The Morgan fingerprint density at radius 3 is 3.05 bits per heavy atom. The van der Waals surface area contributed by atoms with Crippen LogP contribution < -0.4 is 10.6 Å². The van der Waals surface area contributed by atoms with Crippen LogP contribution in [0.15, 0.2) is 16.9 Å². The monoisotopic (exact) mass is 274 g/mol. The lowest BCUT2D eigenvalue weighted by Gasteiger charge is -2.22. The first-order valence-electron chi connectivity index (χ1n) is 6.34. The summed E-state index contributed by atoms with van der Waals surface area (Å²) in [4.78, 5) is 25.5. The molecule has 0 aliphatic carbocycles. The highest BCUT2D eigenvalue weighted by Gasteiger charge is 2.32. The van der Waals surface area contributed by atoms with Crippen molar-refractivity contribution in [2.24, 2.45) is 5.73 Å². The topological polar surface area (TPSA) is 111 Å². The SMILES string of the molecule is Cc1cc(N2CCC[C@@H]2c2nc(C(N)=O)no2)ncn1. The number of aryl methyl sites for hydroxylation is 1. The number of nitrogens with zero attached hydrogens (tertiary/aromatic N) is 5. The first-order valence-corrected chi connectivity index (χ1v) is 6.34. The van der Waals surface area contributed by atoms with E-state index in [-0.39, 0.29) is 11.9 Å². The largest absolute Gasteiger partial charge is 0.363 e. The standard InChI is InChI=1S/C12H14N6O2/c1-7-5-9(15-6-14-7)18-4-2-3-8(18)12-16-11(10(13)19)17-20-12/h5-6,8H,2-4H2,1H3,(H2,13,19)/t8-/m1/s1. The maximum atomic E-state index is 11.0. The molecule has 0 aromatic carbocycles. The minimum atomic E-state index is -0.692. The number of amides is 1. The predicted octanol–water partition coefficient (Wildman–Crippen LogP) is 0.608. The number of carbonyl (C=O) groups is 1. The van der Waals surface area contributed by atoms with Gasteiger partial charge in [0.05, 0.1) is 0 Å². The van der Waals surface area contributed by atoms with Crippen LogP contribution in [0.1, 0.15) is 41.1 Å². The Labute approximate surface area is 115 Å². The Morgan fingerprint density at radius 1 is 1.50 bits per heavy atom. The maximum Gasteiger partial charge on any atom is 0.290 e. The molecule has 8 nitrogen and oxygen atoms in total. The number of rotatable bonds is 3. The van der Waals surface area contributed by atoms with E-state index in [9.17, 15) is 4.79 Å². The summed E-state index contributed by atoms with van der Waals surface area (Å²) in [7, 11) is 0. The highest BCUT2D eigenvalue weighted by molar-refractivity contribution is 5.88. The van der Waals surface area contributed by atoms with Crippen LogP contribution in [0.3, 0.4) is 0 Å². The first-order chi connectivity index (χ1) is 9.65. The molecular weight excluding hydrogens is 260 g/mol. The van der Waals surface area contributed by atoms with E-state index in [1.807, 2.05) is 13.0 Å². The summed E-state index contributed by atoms with van der Waals surface area (Å²) in [6.07, 6.45) is 3.38. The van der Waals surface area contributed by atoms with Gasteiger partial charge >= 0.3 is 0 Å². The van der Waals surface area contributed by atoms with Gasteiger partial charge in [-0.1, -0.05) is 5.16 Å². The third kappa shape index (κ3) is 2.20.